The summed E-state index contributed by atoms with van der Waals surface area (Å²) in [4.78, 5) is 32.5. The fraction of sp³-hybridized carbons (Fsp3) is 0.300. The molecule has 0 bridgehead atoms. The normalized spacial score (nSPS) is 17.2. The van der Waals surface area contributed by atoms with Crippen LogP contribution in [0, 0.1) is 0 Å². The molecule has 4 rings (SSSR count). The molecule has 1 fully saturated rings. The Morgan fingerprint density at radius 2 is 1.70 bits per heavy atom. The lowest BCUT2D eigenvalue weighted by atomic mass is 9.87. The molecular weight excluding hydrogens is 468 g/mol. The van der Waals surface area contributed by atoms with Crippen LogP contribution < -0.4 is 14.4 Å². The number of aliphatic hydroxyl groups excluding tert-OH is 1. The van der Waals surface area contributed by atoms with E-state index in [2.05, 4.69) is 25.8 Å². The number of ketones is 1. The zero-order valence-corrected chi connectivity index (χ0v) is 21.8. The van der Waals surface area contributed by atoms with E-state index in [0.29, 0.717) is 41.5 Å². The predicted octanol–water partition coefficient (Wildman–Crippen LogP) is 5.80. The standard InChI is InChI=1S/C30H32N2O5/c1-6-36-22-14-15-23(24(17-22)37-7-2)27(33)25-26(19-9-8-16-31-18-19)32(29(35)28(25)34)21-12-10-20(11-13-21)30(3,4)5/h8-18,26,33H,6-7H2,1-5H3/b27-25-. The van der Waals surface area contributed by atoms with E-state index in [0.717, 1.165) is 5.56 Å². The van der Waals surface area contributed by atoms with Gasteiger partial charge < -0.3 is 14.6 Å². The highest BCUT2D eigenvalue weighted by Crippen LogP contribution is 2.43. The van der Waals surface area contributed by atoms with Crippen molar-refractivity contribution in [3.8, 4) is 11.5 Å². The Kier molecular flexibility index (Phi) is 7.34. The summed E-state index contributed by atoms with van der Waals surface area (Å²) in [6.07, 6.45) is 3.22. The van der Waals surface area contributed by atoms with Crippen LogP contribution >= 0.6 is 0 Å². The number of hydrogen-bond acceptors (Lipinski definition) is 6. The van der Waals surface area contributed by atoms with E-state index in [-0.39, 0.29) is 16.7 Å². The molecule has 0 aliphatic carbocycles. The van der Waals surface area contributed by atoms with E-state index in [1.165, 1.54) is 4.90 Å². The maximum Gasteiger partial charge on any atom is 0.300 e. The number of anilines is 1. The van der Waals surface area contributed by atoms with Crippen molar-refractivity contribution in [2.24, 2.45) is 0 Å². The van der Waals surface area contributed by atoms with Crippen molar-refractivity contribution in [3.63, 3.8) is 0 Å². The molecule has 2 heterocycles. The minimum absolute atomic E-state index is 0.0250. The Bertz CT molecular complexity index is 1320. The SMILES string of the molecule is CCOc1ccc(/C(O)=C2/C(=O)C(=O)N(c3ccc(C(C)(C)C)cc3)C2c2cccnc2)c(OCC)c1. The third kappa shape index (κ3) is 5.07. The summed E-state index contributed by atoms with van der Waals surface area (Å²) < 4.78 is 11.3. The van der Waals surface area contributed by atoms with Gasteiger partial charge in [0.2, 0.25) is 0 Å². The maximum atomic E-state index is 13.5. The fourth-order valence-electron chi connectivity index (χ4n) is 4.45. The van der Waals surface area contributed by atoms with Gasteiger partial charge in [-0.3, -0.25) is 19.5 Å². The van der Waals surface area contributed by atoms with Crippen molar-refractivity contribution in [2.45, 2.75) is 46.1 Å². The summed E-state index contributed by atoms with van der Waals surface area (Å²) in [5, 5.41) is 11.5. The first-order valence-corrected chi connectivity index (χ1v) is 12.4. The van der Waals surface area contributed by atoms with Crippen LogP contribution in [0.15, 0.2) is 72.6 Å². The Hall–Kier alpha value is -4.13. The lowest BCUT2D eigenvalue weighted by Crippen LogP contribution is -2.29. The van der Waals surface area contributed by atoms with Gasteiger partial charge in [0.05, 0.1) is 30.4 Å². The molecule has 1 aliphatic heterocycles. The van der Waals surface area contributed by atoms with Crippen molar-refractivity contribution in [1.29, 1.82) is 0 Å². The minimum atomic E-state index is -0.866. The van der Waals surface area contributed by atoms with Gasteiger partial charge in [-0.25, -0.2) is 0 Å². The van der Waals surface area contributed by atoms with Crippen molar-refractivity contribution in [2.75, 3.05) is 18.1 Å². The van der Waals surface area contributed by atoms with Gasteiger partial charge in [-0.1, -0.05) is 39.0 Å². The average molecular weight is 501 g/mol. The first-order chi connectivity index (χ1) is 17.7. The number of rotatable bonds is 7. The maximum absolute atomic E-state index is 13.5. The minimum Gasteiger partial charge on any atom is -0.507 e. The number of amides is 1. The van der Waals surface area contributed by atoms with E-state index >= 15 is 0 Å². The predicted molar refractivity (Wildman–Crippen MR) is 143 cm³/mol. The summed E-state index contributed by atoms with van der Waals surface area (Å²) in [6, 6.07) is 15.2. The highest BCUT2D eigenvalue weighted by atomic mass is 16.5. The number of aromatic nitrogens is 1. The summed E-state index contributed by atoms with van der Waals surface area (Å²) in [6.45, 7) is 10.8. The Balaban J connectivity index is 1.90. The monoisotopic (exact) mass is 500 g/mol. The van der Waals surface area contributed by atoms with Gasteiger partial charge in [-0.15, -0.1) is 0 Å². The second kappa shape index (κ2) is 10.5. The van der Waals surface area contributed by atoms with Gasteiger partial charge in [-0.05, 0) is 60.7 Å². The second-order valence-corrected chi connectivity index (χ2v) is 9.78. The van der Waals surface area contributed by atoms with Crippen LogP contribution in [0.5, 0.6) is 11.5 Å². The van der Waals surface area contributed by atoms with E-state index in [1.807, 2.05) is 38.1 Å². The highest BCUT2D eigenvalue weighted by Gasteiger charge is 2.47. The summed E-state index contributed by atoms with van der Waals surface area (Å²) in [5.41, 5.74) is 2.47. The first kappa shape index (κ1) is 25.9. The third-order valence-electron chi connectivity index (χ3n) is 6.28. The first-order valence-electron chi connectivity index (χ1n) is 12.4. The molecule has 1 unspecified atom stereocenters. The van der Waals surface area contributed by atoms with Crippen LogP contribution in [0.25, 0.3) is 5.76 Å². The zero-order chi connectivity index (χ0) is 26.7. The Morgan fingerprint density at radius 1 is 1.00 bits per heavy atom. The quantitative estimate of drug-likeness (QED) is 0.250. The number of nitrogens with zero attached hydrogens (tertiary/aromatic N) is 2. The smallest absolute Gasteiger partial charge is 0.300 e. The number of carbonyl (C=O) groups excluding carboxylic acids is 2. The van der Waals surface area contributed by atoms with Crippen LogP contribution in [0.1, 0.15) is 57.4 Å². The van der Waals surface area contributed by atoms with Crippen molar-refractivity contribution in [3.05, 3.63) is 89.3 Å². The van der Waals surface area contributed by atoms with Gasteiger partial charge >= 0.3 is 0 Å². The molecule has 1 aliphatic rings. The van der Waals surface area contributed by atoms with E-state index < -0.39 is 17.7 Å². The largest absolute Gasteiger partial charge is 0.507 e. The van der Waals surface area contributed by atoms with Gasteiger partial charge in [0.25, 0.3) is 11.7 Å². The molecule has 7 heteroatoms. The van der Waals surface area contributed by atoms with Crippen LogP contribution in [-0.4, -0.2) is 35.0 Å². The average Bonchev–Trinajstić information content (AvgIpc) is 3.14. The molecule has 37 heavy (non-hydrogen) atoms. The molecule has 0 spiro atoms. The Morgan fingerprint density at radius 3 is 2.30 bits per heavy atom. The van der Waals surface area contributed by atoms with Gasteiger partial charge in [0.1, 0.15) is 17.3 Å². The molecule has 3 aromatic rings. The van der Waals surface area contributed by atoms with Crippen molar-refractivity contribution >= 4 is 23.1 Å². The van der Waals surface area contributed by atoms with Crippen molar-refractivity contribution in [1.82, 2.24) is 4.98 Å². The third-order valence-corrected chi connectivity index (χ3v) is 6.28. The molecule has 2 aromatic carbocycles. The number of Topliss-reactive ketones (excluding diaryl/α,β-unsaturated/α-hetero) is 1. The molecule has 192 valence electrons. The fourth-order valence-corrected chi connectivity index (χ4v) is 4.45. The molecule has 1 amide bonds. The van der Waals surface area contributed by atoms with Gasteiger partial charge in [0.15, 0.2) is 0 Å². The van der Waals surface area contributed by atoms with Gasteiger partial charge in [0, 0.05) is 24.1 Å². The molecule has 1 N–H and O–H groups in total. The number of ether oxygens (including phenoxy) is 2. The van der Waals surface area contributed by atoms with Crippen LogP contribution in [-0.2, 0) is 15.0 Å². The lowest BCUT2D eigenvalue weighted by molar-refractivity contribution is -0.132. The zero-order valence-electron chi connectivity index (χ0n) is 21.8. The van der Waals surface area contributed by atoms with Crippen LogP contribution in [0.2, 0.25) is 0 Å². The summed E-state index contributed by atoms with van der Waals surface area (Å²) in [5.74, 6) is -0.875. The lowest BCUT2D eigenvalue weighted by Gasteiger charge is -2.26. The Labute approximate surface area is 217 Å². The van der Waals surface area contributed by atoms with Crippen LogP contribution in [0.4, 0.5) is 5.69 Å². The van der Waals surface area contributed by atoms with E-state index in [9.17, 15) is 14.7 Å². The number of hydrogen-bond donors (Lipinski definition) is 1. The number of benzene rings is 2. The number of pyridine rings is 1. The van der Waals surface area contributed by atoms with Crippen molar-refractivity contribution < 1.29 is 24.2 Å². The highest BCUT2D eigenvalue weighted by molar-refractivity contribution is 6.51. The van der Waals surface area contributed by atoms with E-state index in [1.54, 1.807) is 42.7 Å². The van der Waals surface area contributed by atoms with Crippen LogP contribution in [0.3, 0.4) is 0 Å². The van der Waals surface area contributed by atoms with E-state index in [4.69, 9.17) is 9.47 Å². The number of aliphatic hydroxyl groups is 1. The van der Waals surface area contributed by atoms with Gasteiger partial charge in [-0.2, -0.15) is 0 Å². The molecule has 1 atom stereocenters. The molecular formula is C30H32N2O5. The molecule has 0 saturated carbocycles. The molecule has 0 radical (unpaired) electrons. The summed E-state index contributed by atoms with van der Waals surface area (Å²) in [7, 11) is 0. The molecule has 1 aromatic heterocycles. The second-order valence-electron chi connectivity index (χ2n) is 9.78. The number of carbonyl (C=O) groups is 2. The molecule has 1 saturated heterocycles. The molecule has 7 nitrogen and oxygen atoms in total. The summed E-state index contributed by atoms with van der Waals surface area (Å²) >= 11 is 0. The topological polar surface area (TPSA) is 89.0 Å².